The van der Waals surface area contributed by atoms with Gasteiger partial charge in [-0.2, -0.15) is 0 Å². The summed E-state index contributed by atoms with van der Waals surface area (Å²) in [4.78, 5) is 74.8. The standard InChI is InChI=1S/C37H44N6O7/c1-24(2)13-15-42-21-33(45)39-30(16-25-8-4-3-5-9-25)35(47)41-31-20-43(36(48)27-11-7-14-38-18-27)19-29(31)26-10-6-12-28(17-26)50-23-34(46)40-32(22-44)37(42)49/h3-12,14,17-18,24,29-32,44H,13,15-16,19-23H2,1-2H3,(H,39,45)(H,40,46)(H,41,47)/t29-,30-,31+,32-/m0/s1. The second-order valence-corrected chi connectivity index (χ2v) is 13.1. The Morgan fingerprint density at radius 2 is 1.72 bits per heavy atom. The van der Waals surface area contributed by atoms with Crippen molar-refractivity contribution in [1.82, 2.24) is 30.7 Å². The fourth-order valence-corrected chi connectivity index (χ4v) is 6.19. The van der Waals surface area contributed by atoms with Crippen molar-refractivity contribution in [3.05, 3.63) is 95.8 Å². The van der Waals surface area contributed by atoms with E-state index in [4.69, 9.17) is 4.74 Å². The number of likely N-dealkylation sites (tertiary alicyclic amines) is 1. The molecule has 4 N–H and O–H groups in total. The molecule has 5 amide bonds. The molecule has 264 valence electrons. The Bertz CT molecular complexity index is 1650. The lowest BCUT2D eigenvalue weighted by Crippen LogP contribution is -2.56. The van der Waals surface area contributed by atoms with Gasteiger partial charge in [-0.25, -0.2) is 0 Å². The lowest BCUT2D eigenvalue weighted by Gasteiger charge is -2.29. The van der Waals surface area contributed by atoms with Crippen LogP contribution in [0.3, 0.4) is 0 Å². The first kappa shape index (κ1) is 36.0. The lowest BCUT2D eigenvalue weighted by atomic mass is 9.93. The van der Waals surface area contributed by atoms with Crippen molar-refractivity contribution in [2.75, 3.05) is 39.4 Å². The molecule has 5 rings (SSSR count). The number of ether oxygens (including phenoxy) is 1. The smallest absolute Gasteiger partial charge is 0.258 e. The molecule has 1 fully saturated rings. The van der Waals surface area contributed by atoms with E-state index in [2.05, 4.69) is 20.9 Å². The van der Waals surface area contributed by atoms with E-state index in [0.29, 0.717) is 17.7 Å². The fraction of sp³-hybridized carbons (Fsp3) is 0.405. The van der Waals surface area contributed by atoms with Crippen molar-refractivity contribution < 1.29 is 33.8 Å². The molecule has 2 bridgehead atoms. The van der Waals surface area contributed by atoms with Crippen LogP contribution < -0.4 is 20.7 Å². The number of carbonyl (C=O) groups is 5. The molecule has 3 heterocycles. The van der Waals surface area contributed by atoms with Crippen LogP contribution in [-0.4, -0.2) is 107 Å². The predicted molar refractivity (Wildman–Crippen MR) is 184 cm³/mol. The summed E-state index contributed by atoms with van der Waals surface area (Å²) < 4.78 is 5.79. The molecule has 1 saturated heterocycles. The third-order valence-corrected chi connectivity index (χ3v) is 8.87. The van der Waals surface area contributed by atoms with Gasteiger partial charge < -0.3 is 35.6 Å². The monoisotopic (exact) mass is 684 g/mol. The van der Waals surface area contributed by atoms with Crippen LogP contribution in [0.4, 0.5) is 0 Å². The highest BCUT2D eigenvalue weighted by atomic mass is 16.5. The molecule has 1 aromatic heterocycles. The first-order valence-corrected chi connectivity index (χ1v) is 16.9. The average Bonchev–Trinajstić information content (AvgIpc) is 3.54. The van der Waals surface area contributed by atoms with Gasteiger partial charge in [-0.15, -0.1) is 0 Å². The zero-order valence-corrected chi connectivity index (χ0v) is 28.3. The van der Waals surface area contributed by atoms with Crippen LogP contribution in [0, 0.1) is 5.92 Å². The fourth-order valence-electron chi connectivity index (χ4n) is 6.19. The molecule has 13 nitrogen and oxygen atoms in total. The van der Waals surface area contributed by atoms with Crippen LogP contribution in [-0.2, 0) is 25.6 Å². The van der Waals surface area contributed by atoms with Crippen LogP contribution in [0.1, 0.15) is 47.7 Å². The van der Waals surface area contributed by atoms with E-state index in [1.807, 2.05) is 50.2 Å². The van der Waals surface area contributed by atoms with Gasteiger partial charge in [0.25, 0.3) is 11.8 Å². The average molecular weight is 685 g/mol. The van der Waals surface area contributed by atoms with Crippen molar-refractivity contribution in [3.63, 3.8) is 0 Å². The van der Waals surface area contributed by atoms with E-state index < -0.39 is 61.5 Å². The van der Waals surface area contributed by atoms with Gasteiger partial charge in [-0.3, -0.25) is 29.0 Å². The van der Waals surface area contributed by atoms with Crippen LogP contribution >= 0.6 is 0 Å². The number of benzene rings is 2. The number of fused-ring (bicyclic) bond motifs is 4. The zero-order valence-electron chi connectivity index (χ0n) is 28.3. The second-order valence-electron chi connectivity index (χ2n) is 13.1. The quantitative estimate of drug-likeness (QED) is 0.289. The maximum atomic E-state index is 14.1. The number of aliphatic hydroxyl groups is 1. The highest BCUT2D eigenvalue weighted by Gasteiger charge is 2.39. The highest BCUT2D eigenvalue weighted by molar-refractivity contribution is 5.95. The van der Waals surface area contributed by atoms with Crippen molar-refractivity contribution in [1.29, 1.82) is 0 Å². The summed E-state index contributed by atoms with van der Waals surface area (Å²) >= 11 is 0. The number of pyridine rings is 1. The van der Waals surface area contributed by atoms with E-state index in [1.165, 1.54) is 11.1 Å². The second kappa shape index (κ2) is 16.9. The minimum atomic E-state index is -1.30. The van der Waals surface area contributed by atoms with Crippen LogP contribution in [0.15, 0.2) is 79.1 Å². The Morgan fingerprint density at radius 3 is 2.44 bits per heavy atom. The van der Waals surface area contributed by atoms with E-state index >= 15 is 0 Å². The van der Waals surface area contributed by atoms with Gasteiger partial charge in [-0.05, 0) is 47.7 Å². The SMILES string of the molecule is CC(C)CCN1CC(=O)N[C@@H](Cc2ccccc2)C(=O)N[C@@H]2CN(C(=O)c3cccnc3)C[C@H]2c2cccc(c2)OCC(=O)N[C@@H](CO)C1=O. The van der Waals surface area contributed by atoms with Crippen molar-refractivity contribution in [3.8, 4) is 5.75 Å². The first-order chi connectivity index (χ1) is 24.1. The molecular weight excluding hydrogens is 640 g/mol. The summed E-state index contributed by atoms with van der Waals surface area (Å²) in [7, 11) is 0. The Hall–Kier alpha value is -5.30. The van der Waals surface area contributed by atoms with Crippen LogP contribution in [0.25, 0.3) is 0 Å². The maximum absolute atomic E-state index is 14.1. The molecule has 3 aromatic rings. The first-order valence-electron chi connectivity index (χ1n) is 16.9. The number of aromatic nitrogens is 1. The Kier molecular flexibility index (Phi) is 12.2. The van der Waals surface area contributed by atoms with Crippen molar-refractivity contribution in [2.24, 2.45) is 5.92 Å². The third-order valence-electron chi connectivity index (χ3n) is 8.87. The van der Waals surface area contributed by atoms with Gasteiger partial charge in [0, 0.05) is 44.4 Å². The molecule has 2 aromatic carbocycles. The topological polar surface area (TPSA) is 170 Å². The minimum Gasteiger partial charge on any atom is -0.484 e. The number of nitrogens with one attached hydrogen (secondary N) is 3. The van der Waals surface area contributed by atoms with Gasteiger partial charge in [0.05, 0.1) is 24.8 Å². The number of hydrogen-bond donors (Lipinski definition) is 4. The number of amides is 5. The Labute approximate surface area is 291 Å². The number of rotatable bonds is 7. The number of carbonyl (C=O) groups excluding carboxylic acids is 5. The molecule has 4 atom stereocenters. The van der Waals surface area contributed by atoms with Gasteiger partial charge in [0.15, 0.2) is 6.61 Å². The predicted octanol–water partition coefficient (Wildman–Crippen LogP) is 1.28. The summed E-state index contributed by atoms with van der Waals surface area (Å²) in [6, 6.07) is 16.8. The van der Waals surface area contributed by atoms with E-state index in [-0.39, 0.29) is 43.8 Å². The summed E-state index contributed by atoms with van der Waals surface area (Å²) in [5.74, 6) is -2.29. The Morgan fingerprint density at radius 1 is 0.940 bits per heavy atom. The number of nitrogens with zero attached hydrogens (tertiary/aromatic N) is 3. The summed E-state index contributed by atoms with van der Waals surface area (Å²) in [6.45, 7) is 3.12. The lowest BCUT2D eigenvalue weighted by molar-refractivity contribution is -0.141. The molecular formula is C37H44N6O7. The van der Waals surface area contributed by atoms with Gasteiger partial charge >= 0.3 is 0 Å². The van der Waals surface area contributed by atoms with E-state index in [0.717, 1.165) is 11.1 Å². The Balaban J connectivity index is 1.49. The summed E-state index contributed by atoms with van der Waals surface area (Å²) in [5.41, 5.74) is 1.99. The molecule has 2 aliphatic rings. The molecule has 50 heavy (non-hydrogen) atoms. The molecule has 0 unspecified atom stereocenters. The molecule has 0 aliphatic carbocycles. The van der Waals surface area contributed by atoms with Crippen LogP contribution in [0.2, 0.25) is 0 Å². The van der Waals surface area contributed by atoms with Gasteiger partial charge in [0.2, 0.25) is 17.7 Å². The highest BCUT2D eigenvalue weighted by Crippen LogP contribution is 2.31. The molecule has 13 heteroatoms. The van der Waals surface area contributed by atoms with Gasteiger partial charge in [0.1, 0.15) is 17.8 Å². The van der Waals surface area contributed by atoms with E-state index in [9.17, 15) is 29.1 Å². The molecule has 0 radical (unpaired) electrons. The van der Waals surface area contributed by atoms with Crippen molar-refractivity contribution in [2.45, 2.75) is 50.7 Å². The number of aliphatic hydroxyl groups excluding tert-OH is 1. The number of hydrogen-bond acceptors (Lipinski definition) is 8. The maximum Gasteiger partial charge on any atom is 0.258 e. The van der Waals surface area contributed by atoms with Gasteiger partial charge in [-0.1, -0.05) is 56.3 Å². The normalized spacial score (nSPS) is 22.1. The van der Waals surface area contributed by atoms with Crippen molar-refractivity contribution >= 4 is 29.5 Å². The third kappa shape index (κ3) is 9.44. The summed E-state index contributed by atoms with van der Waals surface area (Å²) in [6.07, 6.45) is 3.82. The summed E-state index contributed by atoms with van der Waals surface area (Å²) in [5, 5.41) is 18.6. The zero-order chi connectivity index (χ0) is 35.6. The van der Waals surface area contributed by atoms with E-state index in [1.54, 1.807) is 41.4 Å². The largest absolute Gasteiger partial charge is 0.484 e. The van der Waals surface area contributed by atoms with Crippen LogP contribution in [0.5, 0.6) is 5.75 Å². The molecule has 2 aliphatic heterocycles. The molecule has 0 saturated carbocycles. The minimum absolute atomic E-state index is 0.173. The molecule has 0 spiro atoms.